The molecule has 136 valence electrons. The minimum atomic E-state index is -0.700. The molecule has 0 spiro atoms. The largest absolute Gasteiger partial charge is 0.497 e. The Kier molecular flexibility index (Phi) is 6.09. The van der Waals surface area contributed by atoms with Crippen LogP contribution in [0.4, 0.5) is 0 Å². The van der Waals surface area contributed by atoms with Crippen LogP contribution in [0.3, 0.4) is 0 Å². The number of hydrogen-bond acceptors (Lipinski definition) is 4. The molecule has 0 saturated heterocycles. The number of allylic oxidation sites excluding steroid dienone is 1. The van der Waals surface area contributed by atoms with Gasteiger partial charge in [-0.1, -0.05) is 30.3 Å². The molecule has 2 N–H and O–H groups in total. The number of nitrogens with one attached hydrogen (secondary N) is 2. The van der Waals surface area contributed by atoms with Crippen molar-refractivity contribution in [3.63, 3.8) is 0 Å². The van der Waals surface area contributed by atoms with Crippen LogP contribution in [0.15, 0.2) is 65.5 Å². The van der Waals surface area contributed by atoms with E-state index in [4.69, 9.17) is 9.15 Å². The van der Waals surface area contributed by atoms with Crippen molar-refractivity contribution in [2.45, 2.75) is 31.4 Å². The standard InChI is InChI=1S/C20H22N2O4/c23-19(21-14-16-9-4-5-11-25-16)17(13-15-7-2-1-3-8-15)22-20(24)18-10-6-12-26-18/h1-3,5-8,10-12,16-17H,4,9,13-14H2,(H,21,23)(H,22,24)/t16-,17+/m0/s1. The second kappa shape index (κ2) is 8.89. The smallest absolute Gasteiger partial charge is 0.287 e. The average molecular weight is 354 g/mol. The van der Waals surface area contributed by atoms with Crippen LogP contribution in [-0.2, 0) is 16.0 Å². The summed E-state index contributed by atoms with van der Waals surface area (Å²) in [4.78, 5) is 25.0. The fourth-order valence-electron chi connectivity index (χ4n) is 2.77. The van der Waals surface area contributed by atoms with Gasteiger partial charge in [0.1, 0.15) is 12.1 Å². The molecule has 2 heterocycles. The van der Waals surface area contributed by atoms with Gasteiger partial charge in [0.25, 0.3) is 5.91 Å². The highest BCUT2D eigenvalue weighted by Gasteiger charge is 2.24. The molecule has 6 nitrogen and oxygen atoms in total. The van der Waals surface area contributed by atoms with E-state index in [1.807, 2.05) is 36.4 Å². The normalized spacial score (nSPS) is 17.2. The van der Waals surface area contributed by atoms with Gasteiger partial charge in [0.05, 0.1) is 19.1 Å². The molecular weight excluding hydrogens is 332 g/mol. The highest BCUT2D eigenvalue weighted by atomic mass is 16.5. The maximum atomic E-state index is 12.7. The Morgan fingerprint density at radius 1 is 1.15 bits per heavy atom. The maximum absolute atomic E-state index is 12.7. The quantitative estimate of drug-likeness (QED) is 0.800. The minimum Gasteiger partial charge on any atom is -0.497 e. The first kappa shape index (κ1) is 17.8. The zero-order valence-corrected chi connectivity index (χ0v) is 14.4. The number of amides is 2. The number of benzene rings is 1. The summed E-state index contributed by atoms with van der Waals surface area (Å²) in [5.74, 6) is -0.480. The van der Waals surface area contributed by atoms with Gasteiger partial charge in [-0.25, -0.2) is 0 Å². The van der Waals surface area contributed by atoms with Crippen LogP contribution in [0.5, 0.6) is 0 Å². The number of rotatable bonds is 7. The summed E-state index contributed by atoms with van der Waals surface area (Å²) in [7, 11) is 0. The molecule has 2 amide bonds. The topological polar surface area (TPSA) is 80.6 Å². The summed E-state index contributed by atoms with van der Waals surface area (Å²) in [5.41, 5.74) is 0.962. The Morgan fingerprint density at radius 2 is 2.00 bits per heavy atom. The lowest BCUT2D eigenvalue weighted by molar-refractivity contribution is -0.123. The second-order valence-corrected chi connectivity index (χ2v) is 6.15. The fourth-order valence-corrected chi connectivity index (χ4v) is 2.77. The van der Waals surface area contributed by atoms with Crippen molar-refractivity contribution in [1.82, 2.24) is 10.6 Å². The molecule has 1 aliphatic rings. The highest BCUT2D eigenvalue weighted by Crippen LogP contribution is 2.10. The third-order valence-electron chi connectivity index (χ3n) is 4.18. The zero-order valence-electron chi connectivity index (χ0n) is 14.4. The molecule has 2 aromatic rings. The molecule has 0 aliphatic carbocycles. The molecule has 0 radical (unpaired) electrons. The van der Waals surface area contributed by atoms with E-state index in [-0.39, 0.29) is 17.8 Å². The second-order valence-electron chi connectivity index (χ2n) is 6.15. The monoisotopic (exact) mass is 354 g/mol. The number of carbonyl (C=O) groups is 2. The van der Waals surface area contributed by atoms with Crippen LogP contribution in [0, 0.1) is 0 Å². The van der Waals surface area contributed by atoms with Gasteiger partial charge in [-0.15, -0.1) is 0 Å². The van der Waals surface area contributed by atoms with Crippen LogP contribution in [0.1, 0.15) is 29.0 Å². The van der Waals surface area contributed by atoms with Crippen LogP contribution in [-0.4, -0.2) is 30.5 Å². The van der Waals surface area contributed by atoms with Crippen LogP contribution in [0.2, 0.25) is 0 Å². The lowest BCUT2D eigenvalue weighted by atomic mass is 10.0. The molecule has 0 saturated carbocycles. The van der Waals surface area contributed by atoms with E-state index in [9.17, 15) is 9.59 Å². The van der Waals surface area contributed by atoms with E-state index in [2.05, 4.69) is 10.6 Å². The predicted molar refractivity (Wildman–Crippen MR) is 96.4 cm³/mol. The first-order chi connectivity index (χ1) is 12.7. The number of carbonyl (C=O) groups excluding carboxylic acids is 2. The van der Waals surface area contributed by atoms with Gasteiger partial charge in [-0.2, -0.15) is 0 Å². The van der Waals surface area contributed by atoms with Crippen molar-refractivity contribution >= 4 is 11.8 Å². The van der Waals surface area contributed by atoms with Crippen molar-refractivity contribution in [2.24, 2.45) is 0 Å². The number of furan rings is 1. The first-order valence-electron chi connectivity index (χ1n) is 8.69. The molecule has 1 aromatic carbocycles. The fraction of sp³-hybridized carbons (Fsp3) is 0.300. The van der Waals surface area contributed by atoms with Crippen LogP contribution >= 0.6 is 0 Å². The van der Waals surface area contributed by atoms with E-state index in [1.165, 1.54) is 6.26 Å². The third-order valence-corrected chi connectivity index (χ3v) is 4.18. The maximum Gasteiger partial charge on any atom is 0.287 e. The molecular formula is C20H22N2O4. The van der Waals surface area contributed by atoms with E-state index in [1.54, 1.807) is 18.4 Å². The molecule has 0 bridgehead atoms. The average Bonchev–Trinajstić information content (AvgIpc) is 3.22. The Balaban J connectivity index is 1.63. The molecule has 6 heteroatoms. The molecule has 2 atom stereocenters. The summed E-state index contributed by atoms with van der Waals surface area (Å²) in [6.07, 6.45) is 7.20. The molecule has 26 heavy (non-hydrogen) atoms. The van der Waals surface area contributed by atoms with Crippen LogP contribution in [0.25, 0.3) is 0 Å². The zero-order chi connectivity index (χ0) is 18.2. The Labute approximate surface area is 152 Å². The molecule has 0 unspecified atom stereocenters. The van der Waals surface area contributed by atoms with Crippen molar-refractivity contribution < 1.29 is 18.7 Å². The molecule has 1 aromatic heterocycles. The van der Waals surface area contributed by atoms with Gasteiger partial charge in [-0.3, -0.25) is 9.59 Å². The summed E-state index contributed by atoms with van der Waals surface area (Å²) < 4.78 is 10.6. The van der Waals surface area contributed by atoms with Gasteiger partial charge < -0.3 is 19.8 Å². The van der Waals surface area contributed by atoms with Gasteiger partial charge in [0, 0.05) is 6.42 Å². The summed E-state index contributed by atoms with van der Waals surface area (Å²) >= 11 is 0. The van der Waals surface area contributed by atoms with E-state index in [0.29, 0.717) is 13.0 Å². The van der Waals surface area contributed by atoms with E-state index >= 15 is 0 Å². The van der Waals surface area contributed by atoms with Crippen molar-refractivity contribution in [3.05, 3.63) is 72.4 Å². The summed E-state index contributed by atoms with van der Waals surface area (Å²) in [6.45, 7) is 0.408. The summed E-state index contributed by atoms with van der Waals surface area (Å²) in [6, 6.07) is 12.1. The lowest BCUT2D eigenvalue weighted by Gasteiger charge is -2.22. The van der Waals surface area contributed by atoms with Crippen molar-refractivity contribution in [1.29, 1.82) is 0 Å². The lowest BCUT2D eigenvalue weighted by Crippen LogP contribution is -2.49. The third kappa shape index (κ3) is 4.99. The van der Waals surface area contributed by atoms with E-state index in [0.717, 1.165) is 18.4 Å². The Hall–Kier alpha value is -3.02. The Bertz CT molecular complexity index is 740. The number of hydrogen-bond donors (Lipinski definition) is 2. The number of ether oxygens (including phenoxy) is 1. The summed E-state index contributed by atoms with van der Waals surface area (Å²) in [5, 5.41) is 5.64. The highest BCUT2D eigenvalue weighted by molar-refractivity contribution is 5.95. The van der Waals surface area contributed by atoms with Crippen LogP contribution < -0.4 is 10.6 Å². The molecule has 1 aliphatic heterocycles. The van der Waals surface area contributed by atoms with Crippen molar-refractivity contribution in [3.8, 4) is 0 Å². The SMILES string of the molecule is O=C(N[C@H](Cc1ccccc1)C(=O)NC[C@@H]1CCC=CO1)c1ccco1. The van der Waals surface area contributed by atoms with Crippen molar-refractivity contribution in [2.75, 3.05) is 6.54 Å². The first-order valence-corrected chi connectivity index (χ1v) is 8.69. The van der Waals surface area contributed by atoms with E-state index < -0.39 is 11.9 Å². The predicted octanol–water partition coefficient (Wildman–Crippen LogP) is 2.43. The van der Waals surface area contributed by atoms with Gasteiger partial charge >= 0.3 is 0 Å². The van der Waals surface area contributed by atoms with Gasteiger partial charge in [0.15, 0.2) is 5.76 Å². The minimum absolute atomic E-state index is 0.0397. The molecule has 0 fully saturated rings. The van der Waals surface area contributed by atoms with Gasteiger partial charge in [0.2, 0.25) is 5.91 Å². The Morgan fingerprint density at radius 3 is 2.69 bits per heavy atom. The van der Waals surface area contributed by atoms with Gasteiger partial charge in [-0.05, 0) is 36.6 Å². The molecule has 3 rings (SSSR count).